The average molecular weight is 473 g/mol. The zero-order valence-electron chi connectivity index (χ0n) is 20.8. The monoisotopic (exact) mass is 472 g/mol. The van der Waals surface area contributed by atoms with E-state index in [2.05, 4.69) is 15.6 Å². The standard InChI is InChI=1S/C21H36N4O8/c1-19(2,3)31-16(28)23-15(24-17(29)32-20(4,5)6)25(18(30)33-21(7,8)9)12-10-13(14(26)27)22-11-12/h12-13,22H,10-11H2,1-9H3,(H,26,27)(H,23,24,28,29)/t12-,13-/m0/s1. The van der Waals surface area contributed by atoms with Gasteiger partial charge in [0.05, 0.1) is 6.04 Å². The van der Waals surface area contributed by atoms with Crippen molar-refractivity contribution in [2.24, 2.45) is 4.99 Å². The fraction of sp³-hybridized carbons (Fsp3) is 0.762. The molecule has 188 valence electrons. The minimum absolute atomic E-state index is 0.0160. The second kappa shape index (κ2) is 10.4. The molecule has 12 nitrogen and oxygen atoms in total. The van der Waals surface area contributed by atoms with Crippen molar-refractivity contribution in [2.75, 3.05) is 6.54 Å². The maximum Gasteiger partial charge on any atom is 0.437 e. The zero-order chi connectivity index (χ0) is 25.8. The van der Waals surface area contributed by atoms with E-state index in [1.807, 2.05) is 0 Å². The van der Waals surface area contributed by atoms with Crippen molar-refractivity contribution in [1.82, 2.24) is 15.5 Å². The van der Waals surface area contributed by atoms with Crippen LogP contribution in [0, 0.1) is 0 Å². The van der Waals surface area contributed by atoms with Gasteiger partial charge in [-0.05, 0) is 68.7 Å². The van der Waals surface area contributed by atoms with Crippen molar-refractivity contribution in [1.29, 1.82) is 0 Å². The number of nitrogens with one attached hydrogen (secondary N) is 2. The van der Waals surface area contributed by atoms with Crippen molar-refractivity contribution < 1.29 is 38.5 Å². The van der Waals surface area contributed by atoms with Gasteiger partial charge in [-0.15, -0.1) is 4.99 Å². The second-order valence-corrected chi connectivity index (χ2v) is 10.6. The Bertz CT molecular complexity index is 790. The topological polar surface area (TPSA) is 156 Å². The summed E-state index contributed by atoms with van der Waals surface area (Å²) in [5, 5.41) is 14.4. The molecule has 0 aliphatic carbocycles. The number of carboxylic acid groups (broad SMARTS) is 1. The predicted molar refractivity (Wildman–Crippen MR) is 119 cm³/mol. The molecule has 0 aromatic rings. The summed E-state index contributed by atoms with van der Waals surface area (Å²) in [6.07, 6.45) is -2.99. The van der Waals surface area contributed by atoms with Crippen LogP contribution in [0.5, 0.6) is 0 Å². The van der Waals surface area contributed by atoms with Gasteiger partial charge in [-0.25, -0.2) is 19.3 Å². The number of aliphatic carboxylic acids is 1. The molecule has 1 aliphatic heterocycles. The van der Waals surface area contributed by atoms with E-state index in [0.29, 0.717) is 0 Å². The van der Waals surface area contributed by atoms with Gasteiger partial charge in [0.2, 0.25) is 5.96 Å². The number of guanidine groups is 1. The quantitative estimate of drug-likeness (QED) is 0.312. The number of carboxylic acids is 1. The van der Waals surface area contributed by atoms with Gasteiger partial charge in [-0.3, -0.25) is 10.1 Å². The Kier molecular flexibility index (Phi) is 8.84. The summed E-state index contributed by atoms with van der Waals surface area (Å²) in [7, 11) is 0. The first kappa shape index (κ1) is 28.1. The number of rotatable bonds is 2. The summed E-state index contributed by atoms with van der Waals surface area (Å²) < 4.78 is 15.9. The van der Waals surface area contributed by atoms with E-state index in [4.69, 9.17) is 14.2 Å². The number of hydrogen-bond donors (Lipinski definition) is 3. The molecule has 12 heteroatoms. The third-order valence-corrected chi connectivity index (χ3v) is 3.79. The average Bonchev–Trinajstić information content (AvgIpc) is 2.98. The Hall–Kier alpha value is -2.89. The summed E-state index contributed by atoms with van der Waals surface area (Å²) in [6.45, 7) is 14.8. The lowest BCUT2D eigenvalue weighted by Crippen LogP contribution is -2.55. The van der Waals surface area contributed by atoms with Crippen LogP contribution in [0.25, 0.3) is 0 Å². The summed E-state index contributed by atoms with van der Waals surface area (Å²) >= 11 is 0. The van der Waals surface area contributed by atoms with Crippen LogP contribution in [0.3, 0.4) is 0 Å². The lowest BCUT2D eigenvalue weighted by Gasteiger charge is -2.32. The van der Waals surface area contributed by atoms with Crippen molar-refractivity contribution in [3.05, 3.63) is 0 Å². The Balaban J connectivity index is 3.42. The maximum atomic E-state index is 13.1. The Labute approximate surface area is 194 Å². The molecular formula is C21H36N4O8. The number of nitrogens with zero attached hydrogens (tertiary/aromatic N) is 2. The largest absolute Gasteiger partial charge is 0.480 e. The van der Waals surface area contributed by atoms with Crippen LogP contribution in [0.2, 0.25) is 0 Å². The number of carbonyl (C=O) groups is 4. The molecule has 1 saturated heterocycles. The van der Waals surface area contributed by atoms with Gasteiger partial charge >= 0.3 is 24.2 Å². The molecule has 33 heavy (non-hydrogen) atoms. The van der Waals surface area contributed by atoms with Crippen molar-refractivity contribution >= 4 is 30.2 Å². The van der Waals surface area contributed by atoms with Crippen molar-refractivity contribution in [3.8, 4) is 0 Å². The third-order valence-electron chi connectivity index (χ3n) is 3.79. The Morgan fingerprint density at radius 3 is 1.85 bits per heavy atom. The lowest BCUT2D eigenvalue weighted by molar-refractivity contribution is -0.139. The predicted octanol–water partition coefficient (Wildman–Crippen LogP) is 2.85. The first-order chi connectivity index (χ1) is 14.8. The molecule has 0 bridgehead atoms. The number of alkyl carbamates (subject to hydrolysis) is 1. The van der Waals surface area contributed by atoms with Gasteiger partial charge in [-0.1, -0.05) is 0 Å². The van der Waals surface area contributed by atoms with Crippen LogP contribution in [0.1, 0.15) is 68.7 Å². The molecule has 1 heterocycles. The fourth-order valence-corrected chi connectivity index (χ4v) is 2.73. The normalized spacial score (nSPS) is 19.5. The highest BCUT2D eigenvalue weighted by Crippen LogP contribution is 2.20. The second-order valence-electron chi connectivity index (χ2n) is 10.6. The molecule has 0 radical (unpaired) electrons. The molecule has 1 aliphatic rings. The molecule has 3 amide bonds. The highest BCUT2D eigenvalue weighted by Gasteiger charge is 2.40. The van der Waals surface area contributed by atoms with Gasteiger partial charge in [0.25, 0.3) is 0 Å². The van der Waals surface area contributed by atoms with Crippen LogP contribution in [-0.2, 0) is 19.0 Å². The first-order valence-corrected chi connectivity index (χ1v) is 10.6. The van der Waals surface area contributed by atoms with Gasteiger partial charge in [0, 0.05) is 6.54 Å². The molecule has 0 saturated carbocycles. The van der Waals surface area contributed by atoms with Gasteiger partial charge in [-0.2, -0.15) is 0 Å². The third kappa shape index (κ3) is 10.5. The van der Waals surface area contributed by atoms with Crippen molar-refractivity contribution in [3.63, 3.8) is 0 Å². The number of carbonyl (C=O) groups excluding carboxylic acids is 3. The van der Waals surface area contributed by atoms with Crippen LogP contribution in [0.4, 0.5) is 14.4 Å². The van der Waals surface area contributed by atoms with E-state index < -0.39 is 59.1 Å². The van der Waals surface area contributed by atoms with Crippen LogP contribution in [0.15, 0.2) is 4.99 Å². The summed E-state index contributed by atoms with van der Waals surface area (Å²) in [5.74, 6) is -1.60. The molecule has 0 aromatic heterocycles. The van der Waals surface area contributed by atoms with Crippen LogP contribution >= 0.6 is 0 Å². The number of aliphatic imine (C=N–C) groups is 1. The lowest BCUT2D eigenvalue weighted by atomic mass is 10.1. The highest BCUT2D eigenvalue weighted by molar-refractivity contribution is 6.05. The van der Waals surface area contributed by atoms with E-state index in [9.17, 15) is 24.3 Å². The first-order valence-electron chi connectivity index (χ1n) is 10.6. The molecule has 0 spiro atoms. The maximum absolute atomic E-state index is 13.1. The fourth-order valence-electron chi connectivity index (χ4n) is 2.73. The van der Waals surface area contributed by atoms with E-state index in [0.717, 1.165) is 4.90 Å². The van der Waals surface area contributed by atoms with E-state index in [-0.39, 0.29) is 13.0 Å². The van der Waals surface area contributed by atoms with Crippen molar-refractivity contribution in [2.45, 2.75) is 97.6 Å². The number of ether oxygens (including phenoxy) is 3. The molecule has 0 unspecified atom stereocenters. The molecule has 0 aromatic carbocycles. The Morgan fingerprint density at radius 1 is 0.909 bits per heavy atom. The summed E-state index contributed by atoms with van der Waals surface area (Å²) in [5.41, 5.74) is -2.69. The number of hydrogen-bond acceptors (Lipinski definition) is 8. The Morgan fingerprint density at radius 2 is 1.42 bits per heavy atom. The van der Waals surface area contributed by atoms with E-state index in [1.54, 1.807) is 62.3 Å². The minimum atomic E-state index is -1.10. The van der Waals surface area contributed by atoms with Crippen LogP contribution < -0.4 is 10.6 Å². The highest BCUT2D eigenvalue weighted by atomic mass is 16.6. The zero-order valence-corrected chi connectivity index (χ0v) is 20.8. The van der Waals surface area contributed by atoms with Crippen LogP contribution in [-0.4, -0.2) is 75.6 Å². The summed E-state index contributed by atoms with van der Waals surface area (Å²) in [6, 6.07) is -1.73. The smallest absolute Gasteiger partial charge is 0.437 e. The molecule has 2 atom stereocenters. The molecule has 3 N–H and O–H groups in total. The molecule has 1 fully saturated rings. The summed E-state index contributed by atoms with van der Waals surface area (Å²) in [4.78, 5) is 54.2. The number of amides is 3. The van der Waals surface area contributed by atoms with Gasteiger partial charge in [0.1, 0.15) is 22.8 Å². The SMILES string of the molecule is CC(C)(C)OC(=O)N=C(NC(=O)OC(C)(C)C)N(C(=O)OC(C)(C)C)[C@@H]1CN[C@H](C(=O)O)C1. The van der Waals surface area contributed by atoms with Gasteiger partial charge in [0.15, 0.2) is 0 Å². The van der Waals surface area contributed by atoms with E-state index in [1.165, 1.54) is 0 Å². The molecular weight excluding hydrogens is 436 g/mol. The van der Waals surface area contributed by atoms with E-state index >= 15 is 0 Å². The molecule has 1 rings (SSSR count). The minimum Gasteiger partial charge on any atom is -0.480 e. The van der Waals surface area contributed by atoms with Gasteiger partial charge < -0.3 is 24.6 Å².